The molecule has 5 nitrogen and oxygen atoms in total. The largest absolute Gasteiger partial charge is 0.493 e. The van der Waals surface area contributed by atoms with Crippen molar-refractivity contribution in [3.8, 4) is 11.5 Å². The molecule has 0 unspecified atom stereocenters. The number of carbonyl (C=O) groups is 1. The molecule has 2 aromatic carbocycles. The second kappa shape index (κ2) is 11.9. The van der Waals surface area contributed by atoms with Crippen LogP contribution in [0.5, 0.6) is 11.5 Å². The van der Waals surface area contributed by atoms with Crippen molar-refractivity contribution in [3.05, 3.63) is 58.7 Å². The van der Waals surface area contributed by atoms with E-state index in [0.29, 0.717) is 31.2 Å². The third-order valence-corrected chi connectivity index (χ3v) is 5.95. The summed E-state index contributed by atoms with van der Waals surface area (Å²) in [6, 6.07) is 12.1. The summed E-state index contributed by atoms with van der Waals surface area (Å²) >= 11 is 5.08. The topological polar surface area (TPSA) is 70.8 Å². The number of nitrogens with two attached hydrogens (primary N) is 1. The van der Waals surface area contributed by atoms with Gasteiger partial charge < -0.3 is 19.9 Å². The Balaban J connectivity index is 1.47. The third-order valence-electron chi connectivity index (χ3n) is 5.71. The fourth-order valence-corrected chi connectivity index (χ4v) is 4.30. The Morgan fingerprint density at radius 1 is 1.12 bits per heavy atom. The predicted molar refractivity (Wildman–Crippen MR) is 131 cm³/mol. The van der Waals surface area contributed by atoms with Gasteiger partial charge in [-0.25, -0.2) is 0 Å². The van der Waals surface area contributed by atoms with Crippen LogP contribution in [0.4, 0.5) is 0 Å². The number of thiocarbonyl (C=S) groups is 1. The minimum atomic E-state index is -0.117. The molecule has 1 atom stereocenters. The lowest BCUT2D eigenvalue weighted by molar-refractivity contribution is -0.143. The van der Waals surface area contributed by atoms with Gasteiger partial charge in [0.15, 0.2) is 0 Å². The van der Waals surface area contributed by atoms with Crippen molar-refractivity contribution in [3.63, 3.8) is 0 Å². The first-order valence-corrected chi connectivity index (χ1v) is 11.9. The predicted octanol–water partition coefficient (Wildman–Crippen LogP) is 5.10. The van der Waals surface area contributed by atoms with Crippen LogP contribution in [0.15, 0.2) is 36.4 Å². The minimum Gasteiger partial charge on any atom is -0.493 e. The maximum atomic E-state index is 11.8. The van der Waals surface area contributed by atoms with Gasteiger partial charge in [-0.05, 0) is 79.1 Å². The number of ether oxygens (including phenoxy) is 3. The SMILES string of the molecule is CCCc1cc(C(N)=S)ccc1OCCCOc1ccc2c(c1)CC[C@H]2CC(=O)OCC. The average molecular weight is 456 g/mol. The smallest absolute Gasteiger partial charge is 0.306 e. The van der Waals surface area contributed by atoms with Crippen LogP contribution in [0, 0.1) is 0 Å². The summed E-state index contributed by atoms with van der Waals surface area (Å²) in [5.41, 5.74) is 10.3. The highest BCUT2D eigenvalue weighted by atomic mass is 32.1. The van der Waals surface area contributed by atoms with E-state index in [1.165, 1.54) is 11.1 Å². The van der Waals surface area contributed by atoms with Gasteiger partial charge in [-0.2, -0.15) is 0 Å². The molecule has 0 aliphatic heterocycles. The van der Waals surface area contributed by atoms with Crippen LogP contribution in [0.2, 0.25) is 0 Å². The van der Waals surface area contributed by atoms with E-state index in [-0.39, 0.29) is 11.9 Å². The average Bonchev–Trinajstić information content (AvgIpc) is 3.16. The van der Waals surface area contributed by atoms with E-state index in [0.717, 1.165) is 54.7 Å². The molecule has 0 bridgehead atoms. The molecule has 0 radical (unpaired) electrons. The summed E-state index contributed by atoms with van der Waals surface area (Å²) in [7, 11) is 0. The number of carbonyl (C=O) groups excluding carboxylic acids is 1. The van der Waals surface area contributed by atoms with Crippen molar-refractivity contribution >= 4 is 23.2 Å². The lowest BCUT2D eigenvalue weighted by atomic mass is 9.98. The molecule has 2 aromatic rings. The zero-order valence-electron chi connectivity index (χ0n) is 19.0. The molecule has 0 amide bonds. The van der Waals surface area contributed by atoms with Gasteiger partial charge in [0, 0.05) is 12.0 Å². The highest BCUT2D eigenvalue weighted by Gasteiger charge is 2.25. The van der Waals surface area contributed by atoms with Crippen molar-refractivity contribution in [1.29, 1.82) is 0 Å². The molecule has 3 rings (SSSR count). The van der Waals surface area contributed by atoms with Crippen LogP contribution in [0.3, 0.4) is 0 Å². The summed E-state index contributed by atoms with van der Waals surface area (Å²) in [5.74, 6) is 1.89. The van der Waals surface area contributed by atoms with Crippen LogP contribution in [0.25, 0.3) is 0 Å². The molecule has 0 spiro atoms. The molecular weight excluding hydrogens is 422 g/mol. The Morgan fingerprint density at radius 3 is 2.69 bits per heavy atom. The van der Waals surface area contributed by atoms with Crippen molar-refractivity contribution in [1.82, 2.24) is 0 Å². The summed E-state index contributed by atoms with van der Waals surface area (Å²) < 4.78 is 17.0. The van der Waals surface area contributed by atoms with Gasteiger partial charge in [0.1, 0.15) is 16.5 Å². The van der Waals surface area contributed by atoms with Gasteiger partial charge in [0.05, 0.1) is 26.2 Å². The minimum absolute atomic E-state index is 0.117. The zero-order valence-corrected chi connectivity index (χ0v) is 19.8. The molecule has 0 aromatic heterocycles. The van der Waals surface area contributed by atoms with Crippen LogP contribution >= 0.6 is 12.2 Å². The van der Waals surface area contributed by atoms with E-state index in [4.69, 9.17) is 32.2 Å². The quantitative estimate of drug-likeness (QED) is 0.273. The van der Waals surface area contributed by atoms with Gasteiger partial charge in [-0.1, -0.05) is 31.6 Å². The summed E-state index contributed by atoms with van der Waals surface area (Å²) in [6.07, 6.45) is 5.15. The Bertz CT molecular complexity index is 943. The molecule has 172 valence electrons. The molecule has 0 saturated carbocycles. The molecule has 0 saturated heterocycles. The van der Waals surface area contributed by atoms with Gasteiger partial charge in [-0.15, -0.1) is 0 Å². The van der Waals surface area contributed by atoms with E-state index in [1.807, 2.05) is 31.2 Å². The van der Waals surface area contributed by atoms with E-state index in [9.17, 15) is 4.79 Å². The molecule has 32 heavy (non-hydrogen) atoms. The molecular formula is C26H33NO4S. The maximum Gasteiger partial charge on any atom is 0.306 e. The Hall–Kier alpha value is -2.60. The van der Waals surface area contributed by atoms with E-state index < -0.39 is 0 Å². The van der Waals surface area contributed by atoms with Gasteiger partial charge in [-0.3, -0.25) is 4.79 Å². The summed E-state index contributed by atoms with van der Waals surface area (Å²) in [6.45, 7) is 5.57. The molecule has 0 heterocycles. The van der Waals surface area contributed by atoms with Crippen LogP contribution in [-0.4, -0.2) is 30.8 Å². The third kappa shape index (κ3) is 6.45. The standard InChI is InChI=1S/C26H33NO4S/c1-3-6-20-15-21(26(27)32)9-12-24(20)31-14-5-13-30-22-10-11-23-18(16-22)7-8-19(23)17-25(28)29-4-2/h9-12,15-16,19H,3-8,13-14,17H2,1-2H3,(H2,27,32)/t19-/m0/s1. The van der Waals surface area contributed by atoms with E-state index in [2.05, 4.69) is 19.1 Å². The Labute approximate surface area is 196 Å². The van der Waals surface area contributed by atoms with Crippen LogP contribution < -0.4 is 15.2 Å². The molecule has 2 N–H and O–H groups in total. The first-order valence-electron chi connectivity index (χ1n) is 11.5. The monoisotopic (exact) mass is 455 g/mol. The van der Waals surface area contributed by atoms with Gasteiger partial charge in [0.25, 0.3) is 0 Å². The fraction of sp³-hybridized carbons (Fsp3) is 0.462. The number of benzene rings is 2. The van der Waals surface area contributed by atoms with Crippen LogP contribution in [0.1, 0.15) is 67.7 Å². The molecule has 1 aliphatic carbocycles. The molecule has 6 heteroatoms. The first kappa shape index (κ1) is 24.1. The van der Waals surface area contributed by atoms with Crippen molar-refractivity contribution in [2.24, 2.45) is 5.73 Å². The maximum absolute atomic E-state index is 11.8. The van der Waals surface area contributed by atoms with Crippen molar-refractivity contribution in [2.75, 3.05) is 19.8 Å². The lowest BCUT2D eigenvalue weighted by Crippen LogP contribution is -2.11. The Morgan fingerprint density at radius 2 is 1.94 bits per heavy atom. The van der Waals surface area contributed by atoms with Crippen LogP contribution in [-0.2, 0) is 22.4 Å². The summed E-state index contributed by atoms with van der Waals surface area (Å²) in [5, 5.41) is 0. The number of fused-ring (bicyclic) bond motifs is 1. The number of rotatable bonds is 12. The Kier molecular flexibility index (Phi) is 8.91. The van der Waals surface area contributed by atoms with E-state index >= 15 is 0 Å². The number of esters is 1. The normalized spacial score (nSPS) is 14.6. The fourth-order valence-electron chi connectivity index (χ4n) is 4.17. The highest BCUT2D eigenvalue weighted by Crippen LogP contribution is 2.37. The number of hydrogen-bond donors (Lipinski definition) is 1. The second-order valence-corrected chi connectivity index (χ2v) is 8.53. The van der Waals surface area contributed by atoms with E-state index in [1.54, 1.807) is 0 Å². The van der Waals surface area contributed by atoms with Gasteiger partial charge in [0.2, 0.25) is 0 Å². The highest BCUT2D eigenvalue weighted by molar-refractivity contribution is 7.80. The number of aryl methyl sites for hydroxylation is 2. The molecule has 1 aliphatic rings. The van der Waals surface area contributed by atoms with Gasteiger partial charge >= 0.3 is 5.97 Å². The second-order valence-electron chi connectivity index (χ2n) is 8.09. The lowest BCUT2D eigenvalue weighted by Gasteiger charge is -2.14. The summed E-state index contributed by atoms with van der Waals surface area (Å²) in [4.78, 5) is 12.2. The first-order chi connectivity index (χ1) is 15.5. The zero-order chi connectivity index (χ0) is 22.9. The molecule has 0 fully saturated rings. The van der Waals surface area contributed by atoms with Crippen molar-refractivity contribution in [2.45, 2.75) is 58.3 Å². The number of hydrogen-bond acceptors (Lipinski definition) is 5. The van der Waals surface area contributed by atoms with Crippen molar-refractivity contribution < 1.29 is 19.0 Å².